The zero-order chi connectivity index (χ0) is 11.5. The van der Waals surface area contributed by atoms with E-state index < -0.39 is 0 Å². The van der Waals surface area contributed by atoms with E-state index in [1.54, 1.807) is 17.0 Å². The van der Waals surface area contributed by atoms with Crippen molar-refractivity contribution in [1.29, 1.82) is 0 Å². The maximum absolute atomic E-state index is 11.9. The van der Waals surface area contributed by atoms with Crippen LogP contribution in [0.4, 0.5) is 5.82 Å². The summed E-state index contributed by atoms with van der Waals surface area (Å²) in [4.78, 5) is 16.0. The Labute approximate surface area is 94.7 Å². The zero-order valence-corrected chi connectivity index (χ0v) is 9.52. The Morgan fingerprint density at radius 1 is 1.69 bits per heavy atom. The molecular formula is C11H18N4O. The largest absolute Gasteiger partial charge is 0.364 e. The number of nitrogens with zero attached hydrogens (tertiary/aromatic N) is 2. The minimum absolute atomic E-state index is 0.0340. The van der Waals surface area contributed by atoms with E-state index in [4.69, 9.17) is 5.73 Å². The molecule has 0 saturated heterocycles. The Kier molecular flexibility index (Phi) is 3.24. The van der Waals surface area contributed by atoms with E-state index >= 15 is 0 Å². The first-order valence-electron chi connectivity index (χ1n) is 5.79. The lowest BCUT2D eigenvalue weighted by atomic mass is 10.2. The van der Waals surface area contributed by atoms with Crippen LogP contribution in [0.3, 0.4) is 0 Å². The molecule has 5 nitrogen and oxygen atoms in total. The van der Waals surface area contributed by atoms with Crippen molar-refractivity contribution >= 4 is 5.82 Å². The molecule has 0 amide bonds. The maximum Gasteiger partial charge on any atom is 0.293 e. The van der Waals surface area contributed by atoms with Gasteiger partial charge in [0.2, 0.25) is 0 Å². The summed E-state index contributed by atoms with van der Waals surface area (Å²) in [5.74, 6) is 0.415. The molecule has 1 fully saturated rings. The van der Waals surface area contributed by atoms with Crippen LogP contribution < -0.4 is 16.6 Å². The van der Waals surface area contributed by atoms with Gasteiger partial charge in [0, 0.05) is 31.0 Å². The Morgan fingerprint density at radius 2 is 2.44 bits per heavy atom. The minimum atomic E-state index is -0.0340. The summed E-state index contributed by atoms with van der Waals surface area (Å²) in [5.41, 5.74) is 5.75. The van der Waals surface area contributed by atoms with Gasteiger partial charge in [0.25, 0.3) is 5.56 Å². The fourth-order valence-corrected chi connectivity index (χ4v) is 1.56. The standard InChI is InChI=1S/C11H18N4O/c1-2-8(12)7-14-10-11(16)15(6-5-13-10)9-3-4-9/h5-6,8-9H,2-4,7,12H2,1H3,(H,13,14). The summed E-state index contributed by atoms with van der Waals surface area (Å²) in [6, 6.07) is 0.451. The van der Waals surface area contributed by atoms with E-state index in [0.29, 0.717) is 18.4 Å². The van der Waals surface area contributed by atoms with Gasteiger partial charge in [0.1, 0.15) is 0 Å². The van der Waals surface area contributed by atoms with Gasteiger partial charge in [-0.25, -0.2) is 4.98 Å². The van der Waals surface area contributed by atoms with Crippen LogP contribution in [0.15, 0.2) is 17.2 Å². The molecule has 2 rings (SSSR count). The molecule has 0 radical (unpaired) electrons. The van der Waals surface area contributed by atoms with Gasteiger partial charge < -0.3 is 15.6 Å². The van der Waals surface area contributed by atoms with Gasteiger partial charge in [0.05, 0.1) is 0 Å². The van der Waals surface area contributed by atoms with Crippen LogP contribution in [0.25, 0.3) is 0 Å². The van der Waals surface area contributed by atoms with Crippen LogP contribution in [0.1, 0.15) is 32.2 Å². The normalized spacial score (nSPS) is 17.1. The smallest absolute Gasteiger partial charge is 0.293 e. The lowest BCUT2D eigenvalue weighted by Crippen LogP contribution is -2.31. The minimum Gasteiger partial charge on any atom is -0.364 e. The van der Waals surface area contributed by atoms with Gasteiger partial charge in [-0.3, -0.25) is 4.79 Å². The van der Waals surface area contributed by atoms with Gasteiger partial charge in [-0.1, -0.05) is 6.92 Å². The lowest BCUT2D eigenvalue weighted by molar-refractivity contribution is 0.668. The Morgan fingerprint density at radius 3 is 3.06 bits per heavy atom. The zero-order valence-electron chi connectivity index (χ0n) is 9.52. The number of anilines is 1. The average molecular weight is 222 g/mol. The van der Waals surface area contributed by atoms with Crippen LogP contribution >= 0.6 is 0 Å². The van der Waals surface area contributed by atoms with Crippen molar-refractivity contribution in [2.75, 3.05) is 11.9 Å². The predicted molar refractivity (Wildman–Crippen MR) is 63.5 cm³/mol. The first kappa shape index (κ1) is 11.1. The van der Waals surface area contributed by atoms with E-state index in [9.17, 15) is 4.79 Å². The number of aromatic nitrogens is 2. The molecule has 1 unspecified atom stereocenters. The van der Waals surface area contributed by atoms with Crippen LogP contribution in [-0.2, 0) is 0 Å². The summed E-state index contributed by atoms with van der Waals surface area (Å²) in [6.45, 7) is 2.61. The topological polar surface area (TPSA) is 72.9 Å². The number of nitrogens with two attached hydrogens (primary N) is 1. The second-order valence-corrected chi connectivity index (χ2v) is 4.27. The highest BCUT2D eigenvalue weighted by Gasteiger charge is 2.25. The highest BCUT2D eigenvalue weighted by Crippen LogP contribution is 2.33. The van der Waals surface area contributed by atoms with Crippen LogP contribution in [0.2, 0.25) is 0 Å². The predicted octanol–water partition coefficient (Wildman–Crippen LogP) is 0.727. The molecule has 0 bridgehead atoms. The van der Waals surface area contributed by atoms with Crippen molar-refractivity contribution in [2.24, 2.45) is 5.73 Å². The highest BCUT2D eigenvalue weighted by atomic mass is 16.1. The molecule has 3 N–H and O–H groups in total. The first-order valence-corrected chi connectivity index (χ1v) is 5.79. The second-order valence-electron chi connectivity index (χ2n) is 4.27. The molecule has 1 aromatic rings. The molecule has 5 heteroatoms. The average Bonchev–Trinajstić information content (AvgIpc) is 3.11. The van der Waals surface area contributed by atoms with E-state index in [1.807, 2.05) is 6.92 Å². The SMILES string of the molecule is CCC(N)CNc1nccn(C2CC2)c1=O. The molecule has 0 aromatic carbocycles. The van der Waals surface area contributed by atoms with Gasteiger partial charge in [-0.15, -0.1) is 0 Å². The molecule has 16 heavy (non-hydrogen) atoms. The molecular weight excluding hydrogens is 204 g/mol. The molecule has 1 aliphatic carbocycles. The quantitative estimate of drug-likeness (QED) is 0.770. The van der Waals surface area contributed by atoms with Gasteiger partial charge in [0.15, 0.2) is 5.82 Å². The molecule has 1 aliphatic rings. The molecule has 1 heterocycles. The van der Waals surface area contributed by atoms with Crippen molar-refractivity contribution < 1.29 is 0 Å². The number of nitrogens with one attached hydrogen (secondary N) is 1. The fraction of sp³-hybridized carbons (Fsp3) is 0.636. The molecule has 1 aromatic heterocycles. The molecule has 88 valence electrons. The molecule has 1 saturated carbocycles. The number of hydrogen-bond donors (Lipinski definition) is 2. The lowest BCUT2D eigenvalue weighted by Gasteiger charge is -2.11. The van der Waals surface area contributed by atoms with Crippen molar-refractivity contribution in [3.05, 3.63) is 22.7 Å². The molecule has 0 aliphatic heterocycles. The summed E-state index contributed by atoms with van der Waals surface area (Å²) in [7, 11) is 0. The van der Waals surface area contributed by atoms with Gasteiger partial charge >= 0.3 is 0 Å². The van der Waals surface area contributed by atoms with E-state index in [0.717, 1.165) is 19.3 Å². The summed E-state index contributed by atoms with van der Waals surface area (Å²) >= 11 is 0. The highest BCUT2D eigenvalue weighted by molar-refractivity contribution is 5.31. The summed E-state index contributed by atoms with van der Waals surface area (Å²) < 4.78 is 1.76. The van der Waals surface area contributed by atoms with Gasteiger partial charge in [-0.2, -0.15) is 0 Å². The van der Waals surface area contributed by atoms with Crippen molar-refractivity contribution in [3.63, 3.8) is 0 Å². The van der Waals surface area contributed by atoms with Crippen molar-refractivity contribution in [2.45, 2.75) is 38.3 Å². The van der Waals surface area contributed by atoms with E-state index in [1.165, 1.54) is 0 Å². The number of hydrogen-bond acceptors (Lipinski definition) is 4. The Bertz CT molecular complexity index is 411. The summed E-state index contributed by atoms with van der Waals surface area (Å²) in [5, 5.41) is 3.02. The second kappa shape index (κ2) is 4.65. The maximum atomic E-state index is 11.9. The molecule has 1 atom stereocenters. The van der Waals surface area contributed by atoms with Crippen molar-refractivity contribution in [3.8, 4) is 0 Å². The Hall–Kier alpha value is -1.36. The van der Waals surface area contributed by atoms with Crippen LogP contribution in [-0.4, -0.2) is 22.1 Å². The van der Waals surface area contributed by atoms with Crippen LogP contribution in [0.5, 0.6) is 0 Å². The first-order chi connectivity index (χ1) is 7.72. The van der Waals surface area contributed by atoms with E-state index in [2.05, 4.69) is 10.3 Å². The third-order valence-corrected chi connectivity index (χ3v) is 2.86. The van der Waals surface area contributed by atoms with Gasteiger partial charge in [-0.05, 0) is 19.3 Å². The Balaban J connectivity index is 2.09. The van der Waals surface area contributed by atoms with Crippen LogP contribution in [0, 0.1) is 0 Å². The van der Waals surface area contributed by atoms with Crippen molar-refractivity contribution in [1.82, 2.24) is 9.55 Å². The third kappa shape index (κ3) is 2.41. The summed E-state index contributed by atoms with van der Waals surface area (Å²) in [6.07, 6.45) is 6.50. The number of rotatable bonds is 5. The van der Waals surface area contributed by atoms with E-state index in [-0.39, 0.29) is 11.6 Å². The molecule has 0 spiro atoms. The fourth-order valence-electron chi connectivity index (χ4n) is 1.56. The third-order valence-electron chi connectivity index (χ3n) is 2.86. The monoisotopic (exact) mass is 222 g/mol.